The molecular weight excluding hydrogens is 172 g/mol. The molecule has 3 atom stereocenters. The molecule has 3 aliphatic rings. The van der Waals surface area contributed by atoms with E-state index in [9.17, 15) is 5.11 Å². The number of hydrogen-bond acceptors (Lipinski definition) is 4. The molecule has 13 heavy (non-hydrogen) atoms. The van der Waals surface area contributed by atoms with Gasteiger partial charge >= 0.3 is 0 Å². The van der Waals surface area contributed by atoms with Gasteiger partial charge in [0.05, 0.1) is 0 Å². The zero-order valence-corrected chi connectivity index (χ0v) is 7.71. The second-order valence-corrected chi connectivity index (χ2v) is 4.86. The Morgan fingerprint density at radius 1 is 1.31 bits per heavy atom. The molecule has 0 aromatic heterocycles. The van der Waals surface area contributed by atoms with Crippen molar-refractivity contribution in [3.05, 3.63) is 0 Å². The first-order valence-corrected chi connectivity index (χ1v) is 4.82. The van der Waals surface area contributed by atoms with Crippen LogP contribution in [0.4, 0.5) is 0 Å². The van der Waals surface area contributed by atoms with Gasteiger partial charge in [0.1, 0.15) is 12.2 Å². The Kier molecular flexibility index (Phi) is 1.31. The minimum atomic E-state index is -0.726. The minimum Gasteiger partial charge on any atom is -0.386 e. The van der Waals surface area contributed by atoms with E-state index >= 15 is 0 Å². The molecule has 0 unspecified atom stereocenters. The maximum Gasteiger partial charge on any atom is 0.163 e. The Morgan fingerprint density at radius 3 is 2.77 bits per heavy atom. The lowest BCUT2D eigenvalue weighted by Gasteiger charge is -2.60. The largest absolute Gasteiger partial charge is 0.386 e. The monoisotopic (exact) mass is 186 g/mol. The van der Waals surface area contributed by atoms with Crippen molar-refractivity contribution in [2.24, 2.45) is 5.41 Å². The fraction of sp³-hybridized carbons (Fsp3) is 1.00. The summed E-state index contributed by atoms with van der Waals surface area (Å²) in [6.07, 6.45) is 3.79. The number of rotatable bonds is 0. The van der Waals surface area contributed by atoms with Crippen molar-refractivity contribution >= 4 is 0 Å². The molecule has 0 aromatic carbocycles. The van der Waals surface area contributed by atoms with Crippen LogP contribution in [0.25, 0.3) is 0 Å². The summed E-state index contributed by atoms with van der Waals surface area (Å²) in [6, 6.07) is 0. The lowest BCUT2D eigenvalue weighted by molar-refractivity contribution is -0.493. The van der Waals surface area contributed by atoms with Gasteiger partial charge in [-0.2, -0.15) is 4.89 Å². The van der Waals surface area contributed by atoms with Crippen LogP contribution < -0.4 is 0 Å². The van der Waals surface area contributed by atoms with Gasteiger partial charge in [-0.15, -0.1) is 0 Å². The number of aliphatic hydroxyl groups is 1. The molecular formula is C9H14O4. The summed E-state index contributed by atoms with van der Waals surface area (Å²) in [5.41, 5.74) is -1.28. The molecule has 4 heteroatoms. The standard InChI is InChI=1S/C9H14O4/c1-7-3-2-4-9(7,10)8(5-7)6-11-13-12-8/h10H,2-6H2,1H3/t7-,8+,9+/m1/s1. The van der Waals surface area contributed by atoms with Crippen molar-refractivity contribution in [3.63, 3.8) is 0 Å². The van der Waals surface area contributed by atoms with Gasteiger partial charge in [-0.3, -0.25) is 0 Å². The average molecular weight is 186 g/mol. The predicted octanol–water partition coefficient (Wildman–Crippen LogP) is 0.944. The highest BCUT2D eigenvalue weighted by Gasteiger charge is 2.76. The van der Waals surface area contributed by atoms with Crippen LogP contribution in [0.1, 0.15) is 32.6 Å². The Morgan fingerprint density at radius 2 is 2.15 bits per heavy atom. The molecule has 1 N–H and O–H groups in total. The maximum absolute atomic E-state index is 10.5. The topological polar surface area (TPSA) is 47.9 Å². The van der Waals surface area contributed by atoms with Gasteiger partial charge in [0.15, 0.2) is 5.60 Å². The van der Waals surface area contributed by atoms with Crippen molar-refractivity contribution in [2.45, 2.75) is 43.8 Å². The van der Waals surface area contributed by atoms with Crippen molar-refractivity contribution in [2.75, 3.05) is 6.61 Å². The number of fused-ring (bicyclic) bond motifs is 2. The van der Waals surface area contributed by atoms with E-state index in [1.54, 1.807) is 0 Å². The van der Waals surface area contributed by atoms with Gasteiger partial charge < -0.3 is 5.11 Å². The molecule has 0 aromatic rings. The highest BCUT2D eigenvalue weighted by molar-refractivity contribution is 5.24. The molecule has 3 rings (SSSR count). The maximum atomic E-state index is 10.5. The van der Waals surface area contributed by atoms with E-state index < -0.39 is 11.2 Å². The van der Waals surface area contributed by atoms with Crippen LogP contribution in [-0.2, 0) is 14.8 Å². The molecule has 1 saturated heterocycles. The molecule has 3 fully saturated rings. The van der Waals surface area contributed by atoms with E-state index in [2.05, 4.69) is 12.0 Å². The van der Waals surface area contributed by atoms with E-state index in [0.29, 0.717) is 6.61 Å². The first-order valence-electron chi connectivity index (χ1n) is 4.82. The summed E-state index contributed by atoms with van der Waals surface area (Å²) in [5.74, 6) is 0. The molecule has 0 radical (unpaired) electrons. The molecule has 1 spiro atoms. The molecule has 0 bridgehead atoms. The van der Waals surface area contributed by atoms with Gasteiger partial charge in [-0.25, -0.2) is 4.89 Å². The Bertz CT molecular complexity index is 248. The second-order valence-electron chi connectivity index (χ2n) is 4.86. The van der Waals surface area contributed by atoms with Crippen molar-refractivity contribution < 1.29 is 19.9 Å². The van der Waals surface area contributed by atoms with Crippen molar-refractivity contribution in [3.8, 4) is 0 Å². The van der Waals surface area contributed by atoms with Crippen LogP contribution in [-0.4, -0.2) is 22.9 Å². The fourth-order valence-corrected chi connectivity index (χ4v) is 3.43. The minimum absolute atomic E-state index is 0.0179. The summed E-state index contributed by atoms with van der Waals surface area (Å²) >= 11 is 0. The third-order valence-electron chi connectivity index (χ3n) is 4.23. The third kappa shape index (κ3) is 0.687. The van der Waals surface area contributed by atoms with Gasteiger partial charge in [0.25, 0.3) is 0 Å². The molecule has 2 aliphatic carbocycles. The quantitative estimate of drug-likeness (QED) is 0.572. The normalized spacial score (nSPS) is 59.5. The first kappa shape index (κ1) is 8.17. The lowest BCUT2D eigenvalue weighted by Crippen LogP contribution is -2.73. The van der Waals surface area contributed by atoms with Crippen molar-refractivity contribution in [1.29, 1.82) is 0 Å². The van der Waals surface area contributed by atoms with E-state index in [-0.39, 0.29) is 5.41 Å². The average Bonchev–Trinajstić information content (AvgIpc) is 2.61. The van der Waals surface area contributed by atoms with Crippen LogP contribution in [0, 0.1) is 5.41 Å². The fourth-order valence-electron chi connectivity index (χ4n) is 3.43. The SMILES string of the molecule is C[C@]12CCC[C@@]1(O)[C@@]1(COOO1)C2. The van der Waals surface area contributed by atoms with Gasteiger partial charge in [-0.1, -0.05) is 12.0 Å². The highest BCUT2D eigenvalue weighted by Crippen LogP contribution is 2.67. The molecule has 1 heterocycles. The Labute approximate surface area is 76.6 Å². The van der Waals surface area contributed by atoms with Crippen LogP contribution in [0.2, 0.25) is 0 Å². The zero-order valence-electron chi connectivity index (χ0n) is 7.71. The van der Waals surface area contributed by atoms with Crippen LogP contribution in [0.3, 0.4) is 0 Å². The summed E-state index contributed by atoms with van der Waals surface area (Å²) < 4.78 is 0. The van der Waals surface area contributed by atoms with Gasteiger partial charge in [-0.05, 0) is 25.7 Å². The van der Waals surface area contributed by atoms with Crippen LogP contribution in [0.5, 0.6) is 0 Å². The zero-order chi connectivity index (χ0) is 9.16. The Balaban J connectivity index is 1.96. The highest BCUT2D eigenvalue weighted by atomic mass is 17.5. The smallest absolute Gasteiger partial charge is 0.163 e. The van der Waals surface area contributed by atoms with Crippen molar-refractivity contribution in [1.82, 2.24) is 0 Å². The molecule has 0 amide bonds. The molecule has 1 aliphatic heterocycles. The summed E-state index contributed by atoms with van der Waals surface area (Å²) in [4.78, 5) is 9.82. The first-order chi connectivity index (χ1) is 6.12. The number of hydrogen-bond donors (Lipinski definition) is 1. The van der Waals surface area contributed by atoms with E-state index in [4.69, 9.17) is 9.78 Å². The van der Waals surface area contributed by atoms with Crippen LogP contribution >= 0.6 is 0 Å². The van der Waals surface area contributed by atoms with Gasteiger partial charge in [0.2, 0.25) is 0 Å². The van der Waals surface area contributed by atoms with E-state index in [0.717, 1.165) is 25.7 Å². The second kappa shape index (κ2) is 2.08. The molecule has 2 saturated carbocycles. The summed E-state index contributed by atoms with van der Waals surface area (Å²) in [5, 5.41) is 14.9. The summed E-state index contributed by atoms with van der Waals surface area (Å²) in [6.45, 7) is 2.48. The van der Waals surface area contributed by atoms with E-state index in [1.807, 2.05) is 0 Å². The summed E-state index contributed by atoms with van der Waals surface area (Å²) in [7, 11) is 0. The predicted molar refractivity (Wildman–Crippen MR) is 42.4 cm³/mol. The molecule has 4 nitrogen and oxygen atoms in total. The van der Waals surface area contributed by atoms with E-state index in [1.165, 1.54) is 0 Å². The molecule has 74 valence electrons. The van der Waals surface area contributed by atoms with Gasteiger partial charge in [0, 0.05) is 5.41 Å². The Hall–Kier alpha value is -0.160. The lowest BCUT2D eigenvalue weighted by atomic mass is 9.50. The third-order valence-corrected chi connectivity index (χ3v) is 4.23. The van der Waals surface area contributed by atoms with Crippen LogP contribution in [0.15, 0.2) is 0 Å².